The van der Waals surface area contributed by atoms with Crippen molar-refractivity contribution in [3.05, 3.63) is 53.4 Å². The lowest BCUT2D eigenvalue weighted by molar-refractivity contribution is 0.115. The Bertz CT molecular complexity index is 605. The third-order valence-electron chi connectivity index (χ3n) is 4.61. The molecule has 5 nitrogen and oxygen atoms in total. The highest BCUT2D eigenvalue weighted by molar-refractivity contribution is 5.14. The summed E-state index contributed by atoms with van der Waals surface area (Å²) in [5.74, 6) is 0.947. The Kier molecular flexibility index (Phi) is 6.01. The zero-order valence-corrected chi connectivity index (χ0v) is 14.8. The van der Waals surface area contributed by atoms with Gasteiger partial charge in [-0.3, -0.25) is 14.7 Å². The van der Waals surface area contributed by atoms with Gasteiger partial charge in [0.1, 0.15) is 0 Å². The lowest BCUT2D eigenvalue weighted by Crippen LogP contribution is -2.47. The standard InChI is InChI=1S/C19H28N4O/c1-17-14-19(24-20-17)16-21(2)8-9-22-10-12-23(13-11-22)15-18-6-4-3-5-7-18/h3-7,14H,8-13,15-16H2,1-2H3. The van der Waals surface area contributed by atoms with Crippen LogP contribution in [-0.4, -0.2) is 66.2 Å². The molecule has 1 saturated heterocycles. The van der Waals surface area contributed by atoms with Crippen LogP contribution >= 0.6 is 0 Å². The third kappa shape index (κ3) is 5.16. The lowest BCUT2D eigenvalue weighted by atomic mass is 10.2. The Morgan fingerprint density at radius 2 is 1.79 bits per heavy atom. The van der Waals surface area contributed by atoms with E-state index < -0.39 is 0 Å². The van der Waals surface area contributed by atoms with E-state index in [4.69, 9.17) is 4.52 Å². The smallest absolute Gasteiger partial charge is 0.150 e. The summed E-state index contributed by atoms with van der Waals surface area (Å²) < 4.78 is 5.29. The molecule has 0 bridgehead atoms. The molecule has 2 heterocycles. The van der Waals surface area contributed by atoms with Gasteiger partial charge in [0.15, 0.2) is 5.76 Å². The molecular formula is C19H28N4O. The van der Waals surface area contributed by atoms with Crippen LogP contribution in [0.1, 0.15) is 17.0 Å². The van der Waals surface area contributed by atoms with Crippen molar-refractivity contribution in [3.8, 4) is 0 Å². The first-order chi connectivity index (χ1) is 11.7. The van der Waals surface area contributed by atoms with E-state index in [2.05, 4.69) is 57.2 Å². The Hall–Kier alpha value is -1.69. The molecule has 0 saturated carbocycles. The molecule has 3 rings (SSSR count). The van der Waals surface area contributed by atoms with Crippen LogP contribution in [0.3, 0.4) is 0 Å². The van der Waals surface area contributed by atoms with E-state index in [0.29, 0.717) is 0 Å². The zero-order valence-electron chi connectivity index (χ0n) is 14.8. The first-order valence-corrected chi connectivity index (χ1v) is 8.78. The lowest BCUT2D eigenvalue weighted by Gasteiger charge is -2.35. The molecule has 1 fully saturated rings. The minimum Gasteiger partial charge on any atom is -0.360 e. The molecule has 0 N–H and O–H groups in total. The molecule has 1 aromatic carbocycles. The van der Waals surface area contributed by atoms with Crippen molar-refractivity contribution in [1.29, 1.82) is 0 Å². The molecule has 0 aliphatic carbocycles. The van der Waals surface area contributed by atoms with Crippen molar-refractivity contribution in [2.45, 2.75) is 20.0 Å². The van der Waals surface area contributed by atoms with Crippen LogP contribution in [0.4, 0.5) is 0 Å². The Balaban J connectivity index is 1.35. The minimum absolute atomic E-state index is 0.828. The van der Waals surface area contributed by atoms with Gasteiger partial charge < -0.3 is 4.52 Å². The number of likely N-dealkylation sites (N-methyl/N-ethyl adjacent to an activating group) is 1. The Morgan fingerprint density at radius 1 is 1.08 bits per heavy atom. The number of hydrogen-bond acceptors (Lipinski definition) is 5. The highest BCUT2D eigenvalue weighted by Crippen LogP contribution is 2.09. The van der Waals surface area contributed by atoms with Gasteiger partial charge in [-0.25, -0.2) is 0 Å². The van der Waals surface area contributed by atoms with Gasteiger partial charge in [0, 0.05) is 51.9 Å². The summed E-state index contributed by atoms with van der Waals surface area (Å²) in [5.41, 5.74) is 2.36. The number of hydrogen-bond donors (Lipinski definition) is 0. The molecule has 1 aromatic heterocycles. The molecule has 0 unspecified atom stereocenters. The van der Waals surface area contributed by atoms with Crippen molar-refractivity contribution < 1.29 is 4.52 Å². The van der Waals surface area contributed by atoms with Gasteiger partial charge in [-0.05, 0) is 19.5 Å². The predicted octanol–water partition coefficient (Wildman–Crippen LogP) is 2.23. The van der Waals surface area contributed by atoms with Crippen LogP contribution in [-0.2, 0) is 13.1 Å². The van der Waals surface area contributed by atoms with Crippen LogP contribution in [0.25, 0.3) is 0 Å². The van der Waals surface area contributed by atoms with Gasteiger partial charge in [0.25, 0.3) is 0 Å². The van der Waals surface area contributed by atoms with Crippen molar-refractivity contribution >= 4 is 0 Å². The molecule has 0 amide bonds. The number of benzene rings is 1. The van der Waals surface area contributed by atoms with Crippen molar-refractivity contribution in [2.24, 2.45) is 0 Å². The molecule has 130 valence electrons. The first kappa shape index (κ1) is 17.1. The predicted molar refractivity (Wildman–Crippen MR) is 95.7 cm³/mol. The number of rotatable bonds is 7. The van der Waals surface area contributed by atoms with Crippen LogP contribution in [0, 0.1) is 6.92 Å². The second kappa shape index (κ2) is 8.42. The quantitative estimate of drug-likeness (QED) is 0.779. The number of aromatic nitrogens is 1. The maximum Gasteiger partial charge on any atom is 0.150 e. The minimum atomic E-state index is 0.828. The maximum absolute atomic E-state index is 5.29. The van der Waals surface area contributed by atoms with E-state index in [1.165, 1.54) is 5.56 Å². The molecule has 5 heteroatoms. The van der Waals surface area contributed by atoms with Crippen molar-refractivity contribution in [2.75, 3.05) is 46.3 Å². The van der Waals surface area contributed by atoms with Crippen LogP contribution < -0.4 is 0 Å². The average molecular weight is 328 g/mol. The van der Waals surface area contributed by atoms with E-state index in [1.807, 2.05) is 13.0 Å². The third-order valence-corrected chi connectivity index (χ3v) is 4.61. The monoisotopic (exact) mass is 328 g/mol. The fourth-order valence-corrected chi connectivity index (χ4v) is 3.16. The molecule has 2 aromatic rings. The van der Waals surface area contributed by atoms with Gasteiger partial charge in [-0.2, -0.15) is 0 Å². The fraction of sp³-hybridized carbons (Fsp3) is 0.526. The topological polar surface area (TPSA) is 35.8 Å². The zero-order chi connectivity index (χ0) is 16.8. The summed E-state index contributed by atoms with van der Waals surface area (Å²) >= 11 is 0. The highest BCUT2D eigenvalue weighted by Gasteiger charge is 2.17. The van der Waals surface area contributed by atoms with Gasteiger partial charge in [-0.1, -0.05) is 35.5 Å². The Morgan fingerprint density at radius 3 is 2.46 bits per heavy atom. The van der Waals surface area contributed by atoms with Gasteiger partial charge >= 0.3 is 0 Å². The molecule has 0 radical (unpaired) electrons. The molecule has 1 aliphatic heterocycles. The van der Waals surface area contributed by atoms with E-state index in [1.54, 1.807) is 0 Å². The molecular weight excluding hydrogens is 300 g/mol. The molecule has 0 atom stereocenters. The van der Waals surface area contributed by atoms with Crippen molar-refractivity contribution in [1.82, 2.24) is 19.9 Å². The maximum atomic E-state index is 5.29. The summed E-state index contributed by atoms with van der Waals surface area (Å²) in [6.45, 7) is 10.6. The number of piperazine rings is 1. The SMILES string of the molecule is Cc1cc(CN(C)CCN2CCN(Cc3ccccc3)CC2)on1. The molecule has 24 heavy (non-hydrogen) atoms. The van der Waals surface area contributed by atoms with E-state index in [0.717, 1.165) is 63.8 Å². The summed E-state index contributed by atoms with van der Waals surface area (Å²) in [6.07, 6.45) is 0. The average Bonchev–Trinajstić information content (AvgIpc) is 3.00. The fourth-order valence-electron chi connectivity index (χ4n) is 3.16. The summed E-state index contributed by atoms with van der Waals surface area (Å²) in [7, 11) is 2.14. The summed E-state index contributed by atoms with van der Waals surface area (Å²) in [5, 5.41) is 3.94. The highest BCUT2D eigenvalue weighted by atomic mass is 16.5. The van der Waals surface area contributed by atoms with Gasteiger partial charge in [0.05, 0.1) is 12.2 Å². The normalized spacial score (nSPS) is 16.8. The number of nitrogens with zero attached hydrogens (tertiary/aromatic N) is 4. The van der Waals surface area contributed by atoms with Crippen LogP contribution in [0.5, 0.6) is 0 Å². The summed E-state index contributed by atoms with van der Waals surface area (Å²) in [4.78, 5) is 7.41. The largest absolute Gasteiger partial charge is 0.360 e. The molecule has 1 aliphatic rings. The van der Waals surface area contributed by atoms with Crippen LogP contribution in [0.15, 0.2) is 40.9 Å². The first-order valence-electron chi connectivity index (χ1n) is 8.78. The Labute approximate surface area is 144 Å². The second-order valence-corrected chi connectivity index (χ2v) is 6.78. The van der Waals surface area contributed by atoms with E-state index in [-0.39, 0.29) is 0 Å². The van der Waals surface area contributed by atoms with Gasteiger partial charge in [-0.15, -0.1) is 0 Å². The summed E-state index contributed by atoms with van der Waals surface area (Å²) in [6, 6.07) is 12.8. The van der Waals surface area contributed by atoms with Crippen molar-refractivity contribution in [3.63, 3.8) is 0 Å². The van der Waals surface area contributed by atoms with E-state index >= 15 is 0 Å². The van der Waals surface area contributed by atoms with Gasteiger partial charge in [0.2, 0.25) is 0 Å². The molecule has 0 spiro atoms. The second-order valence-electron chi connectivity index (χ2n) is 6.78. The van der Waals surface area contributed by atoms with E-state index in [9.17, 15) is 0 Å². The van der Waals surface area contributed by atoms with Crippen LogP contribution in [0.2, 0.25) is 0 Å². The number of aryl methyl sites for hydroxylation is 1.